The highest BCUT2D eigenvalue weighted by molar-refractivity contribution is 5.92. The zero-order valence-corrected chi connectivity index (χ0v) is 10.5. The zero-order chi connectivity index (χ0) is 12.1. The number of carbonyl (C=O) groups excluding carboxylic acids is 1. The molecule has 1 fully saturated rings. The monoisotopic (exact) mass is 235 g/mol. The van der Waals surface area contributed by atoms with Gasteiger partial charge >= 0.3 is 0 Å². The van der Waals surface area contributed by atoms with Crippen LogP contribution in [0.3, 0.4) is 0 Å². The van der Waals surface area contributed by atoms with Crippen molar-refractivity contribution in [3.05, 3.63) is 18.2 Å². The van der Waals surface area contributed by atoms with E-state index in [1.807, 2.05) is 10.8 Å². The molecule has 2 heterocycles. The van der Waals surface area contributed by atoms with Gasteiger partial charge in [0.25, 0.3) is 0 Å². The van der Waals surface area contributed by atoms with Gasteiger partial charge in [-0.05, 0) is 38.3 Å². The summed E-state index contributed by atoms with van der Waals surface area (Å²) in [5.41, 5.74) is 0. The molecule has 2 rings (SSSR count). The fourth-order valence-corrected chi connectivity index (χ4v) is 2.43. The molecule has 1 unspecified atom stereocenters. The number of imidazole rings is 1. The van der Waals surface area contributed by atoms with E-state index in [9.17, 15) is 4.79 Å². The molecule has 4 nitrogen and oxygen atoms in total. The zero-order valence-electron chi connectivity index (χ0n) is 10.5. The lowest BCUT2D eigenvalue weighted by molar-refractivity contribution is 0.0939. The molecule has 0 aliphatic carbocycles. The average molecular weight is 235 g/mol. The van der Waals surface area contributed by atoms with Crippen LogP contribution in [0.2, 0.25) is 0 Å². The quantitative estimate of drug-likeness (QED) is 0.792. The van der Waals surface area contributed by atoms with Crippen molar-refractivity contribution in [1.29, 1.82) is 0 Å². The predicted molar refractivity (Wildman–Crippen MR) is 67.1 cm³/mol. The van der Waals surface area contributed by atoms with Gasteiger partial charge in [0, 0.05) is 25.4 Å². The standard InChI is InChI=1S/C13H21N3O/c1-2-7-16-8-6-15-13(16)12(17)9-11-4-3-5-14-10-11/h6,8,11,14H,2-5,7,9-10H2,1H3. The molecule has 0 spiro atoms. The van der Waals surface area contributed by atoms with E-state index in [0.29, 0.717) is 18.2 Å². The molecule has 1 aliphatic rings. The summed E-state index contributed by atoms with van der Waals surface area (Å²) < 4.78 is 1.97. The fourth-order valence-electron chi connectivity index (χ4n) is 2.43. The number of nitrogens with zero attached hydrogens (tertiary/aromatic N) is 2. The molecular weight excluding hydrogens is 214 g/mol. The van der Waals surface area contributed by atoms with E-state index >= 15 is 0 Å². The Labute approximate surface area is 102 Å². The molecule has 1 atom stereocenters. The summed E-state index contributed by atoms with van der Waals surface area (Å²) in [5.74, 6) is 1.32. The Hall–Kier alpha value is -1.16. The molecule has 0 aromatic carbocycles. The number of Topliss-reactive ketones (excluding diaryl/α,β-unsaturated/α-hetero) is 1. The maximum Gasteiger partial charge on any atom is 0.198 e. The van der Waals surface area contributed by atoms with Crippen molar-refractivity contribution in [2.24, 2.45) is 5.92 Å². The molecule has 17 heavy (non-hydrogen) atoms. The van der Waals surface area contributed by atoms with Gasteiger partial charge in [0.05, 0.1) is 0 Å². The molecule has 0 amide bonds. The van der Waals surface area contributed by atoms with Gasteiger partial charge in [-0.25, -0.2) is 4.98 Å². The van der Waals surface area contributed by atoms with Crippen LogP contribution < -0.4 is 5.32 Å². The molecule has 1 aliphatic heterocycles. The normalized spacial score (nSPS) is 20.4. The van der Waals surface area contributed by atoms with Crippen molar-refractivity contribution < 1.29 is 4.79 Å². The van der Waals surface area contributed by atoms with Gasteiger partial charge in [0.1, 0.15) is 0 Å². The maximum absolute atomic E-state index is 12.2. The van der Waals surface area contributed by atoms with E-state index < -0.39 is 0 Å². The van der Waals surface area contributed by atoms with Crippen molar-refractivity contribution in [2.75, 3.05) is 13.1 Å². The number of nitrogens with one attached hydrogen (secondary N) is 1. The van der Waals surface area contributed by atoms with Crippen LogP contribution in [0.5, 0.6) is 0 Å². The number of hydrogen-bond donors (Lipinski definition) is 1. The molecule has 4 heteroatoms. The number of rotatable bonds is 5. The summed E-state index contributed by atoms with van der Waals surface area (Å²) in [6.45, 7) is 5.05. The van der Waals surface area contributed by atoms with E-state index in [4.69, 9.17) is 0 Å². The molecule has 1 N–H and O–H groups in total. The first kappa shape index (κ1) is 12.3. The van der Waals surface area contributed by atoms with Gasteiger partial charge < -0.3 is 9.88 Å². The second-order valence-corrected chi connectivity index (χ2v) is 4.78. The molecule has 0 bridgehead atoms. The van der Waals surface area contributed by atoms with E-state index in [1.54, 1.807) is 6.20 Å². The van der Waals surface area contributed by atoms with Crippen molar-refractivity contribution >= 4 is 5.78 Å². The smallest absolute Gasteiger partial charge is 0.198 e. The van der Waals surface area contributed by atoms with E-state index in [-0.39, 0.29) is 5.78 Å². The highest BCUT2D eigenvalue weighted by Crippen LogP contribution is 2.16. The summed E-state index contributed by atoms with van der Waals surface area (Å²) in [4.78, 5) is 16.4. The Bertz CT molecular complexity index is 366. The van der Waals surface area contributed by atoms with Gasteiger partial charge in [-0.15, -0.1) is 0 Å². The number of ketones is 1. The number of aryl methyl sites for hydroxylation is 1. The molecule has 0 saturated carbocycles. The van der Waals surface area contributed by atoms with E-state index in [0.717, 1.165) is 32.5 Å². The van der Waals surface area contributed by atoms with Gasteiger partial charge in [-0.1, -0.05) is 6.92 Å². The lowest BCUT2D eigenvalue weighted by atomic mass is 9.94. The van der Waals surface area contributed by atoms with Crippen LogP contribution in [0.15, 0.2) is 12.4 Å². The van der Waals surface area contributed by atoms with Gasteiger partial charge in [0.15, 0.2) is 11.6 Å². The highest BCUT2D eigenvalue weighted by atomic mass is 16.1. The third-order valence-electron chi connectivity index (χ3n) is 3.30. The Balaban J connectivity index is 1.96. The predicted octanol–water partition coefficient (Wildman–Crippen LogP) is 1.87. The van der Waals surface area contributed by atoms with Crippen LogP contribution in [0, 0.1) is 5.92 Å². The average Bonchev–Trinajstić information content (AvgIpc) is 2.79. The Morgan fingerprint density at radius 2 is 2.53 bits per heavy atom. The van der Waals surface area contributed by atoms with Crippen molar-refractivity contribution in [1.82, 2.24) is 14.9 Å². The summed E-state index contributed by atoms with van der Waals surface area (Å²) in [5, 5.41) is 3.35. The maximum atomic E-state index is 12.2. The SMILES string of the molecule is CCCn1ccnc1C(=O)CC1CCCNC1. The second-order valence-electron chi connectivity index (χ2n) is 4.78. The Morgan fingerprint density at radius 3 is 3.24 bits per heavy atom. The summed E-state index contributed by atoms with van der Waals surface area (Å²) in [6.07, 6.45) is 7.63. The Kier molecular flexibility index (Phi) is 4.31. The third-order valence-corrected chi connectivity index (χ3v) is 3.30. The third kappa shape index (κ3) is 3.16. The number of carbonyl (C=O) groups is 1. The van der Waals surface area contributed by atoms with Crippen LogP contribution in [0.1, 0.15) is 43.2 Å². The fraction of sp³-hybridized carbons (Fsp3) is 0.692. The van der Waals surface area contributed by atoms with E-state index in [1.165, 1.54) is 6.42 Å². The second kappa shape index (κ2) is 5.96. The number of hydrogen-bond acceptors (Lipinski definition) is 3. The minimum atomic E-state index is 0.192. The largest absolute Gasteiger partial charge is 0.329 e. The number of aromatic nitrogens is 2. The topological polar surface area (TPSA) is 46.9 Å². The molecule has 1 aromatic rings. The van der Waals surface area contributed by atoms with Crippen molar-refractivity contribution in [3.63, 3.8) is 0 Å². The first-order valence-electron chi connectivity index (χ1n) is 6.56. The van der Waals surface area contributed by atoms with Crippen LogP contribution in [-0.4, -0.2) is 28.4 Å². The van der Waals surface area contributed by atoms with Crippen LogP contribution in [0.25, 0.3) is 0 Å². The first-order valence-corrected chi connectivity index (χ1v) is 6.56. The van der Waals surface area contributed by atoms with Gasteiger partial charge in [-0.2, -0.15) is 0 Å². The molecule has 94 valence electrons. The number of piperidine rings is 1. The minimum Gasteiger partial charge on any atom is -0.329 e. The molecular formula is C13H21N3O. The van der Waals surface area contributed by atoms with Gasteiger partial charge in [0.2, 0.25) is 0 Å². The lowest BCUT2D eigenvalue weighted by Gasteiger charge is -2.21. The van der Waals surface area contributed by atoms with Crippen molar-refractivity contribution in [2.45, 2.75) is 39.2 Å². The Morgan fingerprint density at radius 1 is 1.65 bits per heavy atom. The van der Waals surface area contributed by atoms with Crippen LogP contribution >= 0.6 is 0 Å². The summed E-state index contributed by atoms with van der Waals surface area (Å²) >= 11 is 0. The van der Waals surface area contributed by atoms with Gasteiger partial charge in [-0.3, -0.25) is 4.79 Å². The highest BCUT2D eigenvalue weighted by Gasteiger charge is 2.20. The van der Waals surface area contributed by atoms with E-state index in [2.05, 4.69) is 17.2 Å². The van der Waals surface area contributed by atoms with Crippen molar-refractivity contribution in [3.8, 4) is 0 Å². The first-order chi connectivity index (χ1) is 8.31. The van der Waals surface area contributed by atoms with Crippen LogP contribution in [-0.2, 0) is 6.54 Å². The summed E-state index contributed by atoms with van der Waals surface area (Å²) in [6, 6.07) is 0. The lowest BCUT2D eigenvalue weighted by Crippen LogP contribution is -2.31. The molecule has 1 saturated heterocycles. The minimum absolute atomic E-state index is 0.192. The molecule has 0 radical (unpaired) electrons. The molecule has 1 aromatic heterocycles. The summed E-state index contributed by atoms with van der Waals surface area (Å²) in [7, 11) is 0. The van der Waals surface area contributed by atoms with Crippen LogP contribution in [0.4, 0.5) is 0 Å².